The summed E-state index contributed by atoms with van der Waals surface area (Å²) >= 11 is 12.4. The van der Waals surface area contributed by atoms with E-state index in [1.807, 2.05) is 6.92 Å². The van der Waals surface area contributed by atoms with E-state index in [1.54, 1.807) is 0 Å². The van der Waals surface area contributed by atoms with Gasteiger partial charge in [0.2, 0.25) is 0 Å². The summed E-state index contributed by atoms with van der Waals surface area (Å²) in [6.45, 7) is 4.13. The van der Waals surface area contributed by atoms with Gasteiger partial charge in [0.1, 0.15) is 0 Å². The van der Waals surface area contributed by atoms with Crippen LogP contribution in [0.4, 0.5) is 0 Å². The predicted molar refractivity (Wildman–Crippen MR) is 63.9 cm³/mol. The maximum absolute atomic E-state index is 9.42. The molecule has 0 aromatic heterocycles. The van der Waals surface area contributed by atoms with Gasteiger partial charge in [0.15, 0.2) is 0 Å². The van der Waals surface area contributed by atoms with Crippen molar-refractivity contribution in [3.63, 3.8) is 0 Å². The van der Waals surface area contributed by atoms with Crippen LogP contribution >= 0.6 is 23.2 Å². The number of halogens is 2. The van der Waals surface area contributed by atoms with Gasteiger partial charge in [-0.3, -0.25) is 0 Å². The van der Waals surface area contributed by atoms with E-state index in [1.165, 1.54) is 0 Å². The van der Waals surface area contributed by atoms with Crippen molar-refractivity contribution >= 4 is 23.2 Å². The third-order valence-electron chi connectivity index (χ3n) is 4.62. The van der Waals surface area contributed by atoms with Crippen LogP contribution in [0.25, 0.3) is 0 Å². The molecular formula is C12H15Cl2NO. The third kappa shape index (κ3) is 1.23. The van der Waals surface area contributed by atoms with Crippen LogP contribution in [0.2, 0.25) is 0 Å². The molecular weight excluding hydrogens is 245 g/mol. The van der Waals surface area contributed by atoms with Gasteiger partial charge in [0.05, 0.1) is 11.5 Å². The molecule has 2 rings (SSSR count). The lowest BCUT2D eigenvalue weighted by atomic mass is 9.67. The number of aliphatic hydroxyl groups is 1. The molecule has 2 aliphatic rings. The molecule has 0 heterocycles. The molecule has 1 N–H and O–H groups in total. The van der Waals surface area contributed by atoms with Crippen LogP contribution in [-0.4, -0.2) is 11.7 Å². The third-order valence-corrected chi connectivity index (χ3v) is 5.68. The highest BCUT2D eigenvalue weighted by Crippen LogP contribution is 2.71. The van der Waals surface area contributed by atoms with Gasteiger partial charge in [-0.2, -0.15) is 5.26 Å². The van der Waals surface area contributed by atoms with Crippen molar-refractivity contribution in [3.05, 3.63) is 10.1 Å². The highest BCUT2D eigenvalue weighted by atomic mass is 35.5. The Morgan fingerprint density at radius 3 is 2.50 bits per heavy atom. The van der Waals surface area contributed by atoms with Crippen molar-refractivity contribution in [2.24, 2.45) is 22.7 Å². The van der Waals surface area contributed by atoms with Crippen molar-refractivity contribution in [1.82, 2.24) is 0 Å². The molecule has 0 amide bonds. The standard InChI is InChI=1S/C12H15Cl2NO/c1-7-3-9(13)10(14)11(7,2)12(6-15)4-8(12)5-16/h7-8,16H,3-5H2,1-2H3/t7?,8-,11?,12+/m1/s1. The van der Waals surface area contributed by atoms with Crippen LogP contribution < -0.4 is 0 Å². The molecule has 0 saturated heterocycles. The van der Waals surface area contributed by atoms with Crippen LogP contribution in [0, 0.1) is 34.0 Å². The van der Waals surface area contributed by atoms with Gasteiger partial charge in [0, 0.05) is 28.0 Å². The topological polar surface area (TPSA) is 44.0 Å². The van der Waals surface area contributed by atoms with Crippen LogP contribution in [0.3, 0.4) is 0 Å². The van der Waals surface area contributed by atoms with E-state index in [0.717, 1.165) is 12.8 Å². The van der Waals surface area contributed by atoms with E-state index in [-0.39, 0.29) is 18.4 Å². The SMILES string of the molecule is CC1CC(Cl)=C(Cl)C1(C)[C@]1(C#N)C[C@@H]1CO. The molecule has 0 spiro atoms. The monoisotopic (exact) mass is 259 g/mol. The highest BCUT2D eigenvalue weighted by molar-refractivity contribution is 6.40. The van der Waals surface area contributed by atoms with Crippen LogP contribution in [-0.2, 0) is 0 Å². The van der Waals surface area contributed by atoms with Crippen LogP contribution in [0.1, 0.15) is 26.7 Å². The molecule has 0 aromatic carbocycles. The molecule has 0 bridgehead atoms. The first-order chi connectivity index (χ1) is 7.44. The Morgan fingerprint density at radius 2 is 2.19 bits per heavy atom. The minimum Gasteiger partial charge on any atom is -0.396 e. The Morgan fingerprint density at radius 1 is 1.56 bits per heavy atom. The number of hydrogen-bond donors (Lipinski definition) is 1. The molecule has 16 heavy (non-hydrogen) atoms. The molecule has 4 heteroatoms. The lowest BCUT2D eigenvalue weighted by molar-refractivity contribution is 0.160. The Hall–Kier alpha value is -0.230. The lowest BCUT2D eigenvalue weighted by Gasteiger charge is -2.36. The zero-order valence-electron chi connectivity index (χ0n) is 9.43. The molecule has 0 radical (unpaired) electrons. The average Bonchev–Trinajstić information content (AvgIpc) is 2.97. The molecule has 1 saturated carbocycles. The van der Waals surface area contributed by atoms with E-state index in [4.69, 9.17) is 23.2 Å². The van der Waals surface area contributed by atoms with Gasteiger partial charge in [-0.05, 0) is 18.8 Å². The number of nitrogens with zero attached hydrogens (tertiary/aromatic N) is 1. The summed E-state index contributed by atoms with van der Waals surface area (Å²) in [6, 6.07) is 2.38. The molecule has 0 aliphatic heterocycles. The second kappa shape index (κ2) is 3.63. The van der Waals surface area contributed by atoms with Crippen molar-refractivity contribution < 1.29 is 5.11 Å². The van der Waals surface area contributed by atoms with Crippen LogP contribution in [0.15, 0.2) is 10.1 Å². The van der Waals surface area contributed by atoms with Gasteiger partial charge >= 0.3 is 0 Å². The van der Waals surface area contributed by atoms with E-state index >= 15 is 0 Å². The van der Waals surface area contributed by atoms with Gasteiger partial charge in [-0.1, -0.05) is 37.0 Å². The van der Waals surface area contributed by atoms with Crippen LogP contribution in [0.5, 0.6) is 0 Å². The van der Waals surface area contributed by atoms with Crippen molar-refractivity contribution in [2.75, 3.05) is 6.61 Å². The van der Waals surface area contributed by atoms with E-state index in [9.17, 15) is 10.4 Å². The number of allylic oxidation sites excluding steroid dienone is 2. The summed E-state index contributed by atoms with van der Waals surface area (Å²) < 4.78 is 0. The molecule has 88 valence electrons. The average molecular weight is 260 g/mol. The van der Waals surface area contributed by atoms with E-state index in [0.29, 0.717) is 10.1 Å². The smallest absolute Gasteiger partial charge is 0.0734 e. The summed E-state index contributed by atoms with van der Waals surface area (Å²) in [5.74, 6) is 0.296. The first-order valence-electron chi connectivity index (χ1n) is 5.50. The zero-order chi connectivity index (χ0) is 12.1. The second-order valence-corrected chi connectivity index (χ2v) is 6.03. The zero-order valence-corrected chi connectivity index (χ0v) is 10.9. The molecule has 1 fully saturated rings. The molecule has 2 nitrogen and oxygen atoms in total. The summed E-state index contributed by atoms with van der Waals surface area (Å²) in [7, 11) is 0. The summed E-state index contributed by atoms with van der Waals surface area (Å²) in [5.41, 5.74) is -0.914. The fourth-order valence-electron chi connectivity index (χ4n) is 3.14. The normalized spacial score (nSPS) is 47.0. The van der Waals surface area contributed by atoms with Crippen molar-refractivity contribution in [3.8, 4) is 6.07 Å². The number of aliphatic hydroxyl groups excluding tert-OH is 1. The first kappa shape index (κ1) is 12.2. The lowest BCUT2D eigenvalue weighted by Crippen LogP contribution is -2.34. The Labute approximate surface area is 106 Å². The maximum atomic E-state index is 9.42. The fraction of sp³-hybridized carbons (Fsp3) is 0.750. The number of nitriles is 1. The van der Waals surface area contributed by atoms with Gasteiger partial charge in [0.25, 0.3) is 0 Å². The Bertz CT molecular complexity index is 400. The minimum atomic E-state index is -0.519. The van der Waals surface area contributed by atoms with Gasteiger partial charge in [-0.25, -0.2) is 0 Å². The molecule has 4 atom stereocenters. The fourth-order valence-corrected chi connectivity index (χ4v) is 4.00. The quantitative estimate of drug-likeness (QED) is 0.828. The molecule has 2 aliphatic carbocycles. The van der Waals surface area contributed by atoms with Crippen molar-refractivity contribution in [1.29, 1.82) is 5.26 Å². The predicted octanol–water partition coefficient (Wildman–Crippen LogP) is 3.24. The summed E-state index contributed by atoms with van der Waals surface area (Å²) in [6.07, 6.45) is 1.46. The van der Waals surface area contributed by atoms with E-state index in [2.05, 4.69) is 13.0 Å². The number of rotatable bonds is 2. The summed E-state index contributed by atoms with van der Waals surface area (Å²) in [5, 5.41) is 20.0. The van der Waals surface area contributed by atoms with Crippen molar-refractivity contribution in [2.45, 2.75) is 26.7 Å². The highest BCUT2D eigenvalue weighted by Gasteiger charge is 2.69. The molecule has 2 unspecified atom stereocenters. The number of hydrogen-bond acceptors (Lipinski definition) is 2. The second-order valence-electron chi connectivity index (χ2n) is 5.19. The summed E-state index contributed by atoms with van der Waals surface area (Å²) in [4.78, 5) is 0. The van der Waals surface area contributed by atoms with Gasteiger partial charge < -0.3 is 5.11 Å². The minimum absolute atomic E-state index is 0.0428. The first-order valence-corrected chi connectivity index (χ1v) is 6.26. The maximum Gasteiger partial charge on any atom is 0.0734 e. The largest absolute Gasteiger partial charge is 0.396 e. The van der Waals surface area contributed by atoms with E-state index < -0.39 is 10.8 Å². The van der Waals surface area contributed by atoms with Gasteiger partial charge in [-0.15, -0.1) is 0 Å². The Kier molecular flexibility index (Phi) is 2.78. The Balaban J connectivity index is 2.44. The molecule has 0 aromatic rings.